The molecular formula is C14H10F6N2. The van der Waals surface area contributed by atoms with Crippen molar-refractivity contribution in [3.63, 3.8) is 0 Å². The minimum atomic E-state index is -4.84. The van der Waals surface area contributed by atoms with E-state index in [4.69, 9.17) is 11.5 Å². The summed E-state index contributed by atoms with van der Waals surface area (Å²) in [7, 11) is 0. The van der Waals surface area contributed by atoms with E-state index in [-0.39, 0.29) is 11.3 Å². The Balaban J connectivity index is 2.71. The maximum absolute atomic E-state index is 13.2. The van der Waals surface area contributed by atoms with Crippen molar-refractivity contribution in [1.29, 1.82) is 0 Å². The first kappa shape index (κ1) is 16.0. The predicted octanol–water partition coefficient (Wildman–Crippen LogP) is 4.56. The fraction of sp³-hybridized carbons (Fsp3) is 0.143. The Morgan fingerprint density at radius 2 is 1.41 bits per heavy atom. The molecule has 0 amide bonds. The number of anilines is 2. The lowest BCUT2D eigenvalue weighted by Gasteiger charge is -2.17. The van der Waals surface area contributed by atoms with E-state index in [1.165, 1.54) is 0 Å². The number of hydrogen-bond donors (Lipinski definition) is 2. The summed E-state index contributed by atoms with van der Waals surface area (Å²) in [4.78, 5) is 0. The van der Waals surface area contributed by atoms with Crippen LogP contribution in [0.4, 0.5) is 37.7 Å². The minimum absolute atomic E-state index is 0.242. The van der Waals surface area contributed by atoms with Crippen LogP contribution in [0.2, 0.25) is 0 Å². The zero-order valence-electron chi connectivity index (χ0n) is 10.9. The third kappa shape index (κ3) is 2.95. The van der Waals surface area contributed by atoms with Gasteiger partial charge in [0, 0.05) is 0 Å². The molecular weight excluding hydrogens is 310 g/mol. The molecule has 0 unspecified atom stereocenters. The second kappa shape index (κ2) is 5.11. The normalized spacial score (nSPS) is 12.5. The third-order valence-electron chi connectivity index (χ3n) is 3.06. The van der Waals surface area contributed by atoms with Gasteiger partial charge in [0.15, 0.2) is 0 Å². The molecule has 0 aliphatic carbocycles. The second-order valence-electron chi connectivity index (χ2n) is 4.57. The van der Waals surface area contributed by atoms with Crippen molar-refractivity contribution in [2.75, 3.05) is 11.5 Å². The van der Waals surface area contributed by atoms with E-state index in [0.717, 1.165) is 30.3 Å². The average Bonchev–Trinajstić information content (AvgIpc) is 2.39. The van der Waals surface area contributed by atoms with Gasteiger partial charge in [-0.3, -0.25) is 0 Å². The van der Waals surface area contributed by atoms with E-state index in [0.29, 0.717) is 6.07 Å². The fourth-order valence-electron chi connectivity index (χ4n) is 2.04. The Hall–Kier alpha value is -2.38. The molecule has 2 aromatic carbocycles. The second-order valence-corrected chi connectivity index (χ2v) is 4.57. The van der Waals surface area contributed by atoms with Crippen LogP contribution in [-0.4, -0.2) is 0 Å². The summed E-state index contributed by atoms with van der Waals surface area (Å²) in [5, 5.41) is 0. The smallest absolute Gasteiger partial charge is 0.397 e. The van der Waals surface area contributed by atoms with E-state index >= 15 is 0 Å². The molecule has 2 nitrogen and oxygen atoms in total. The zero-order chi connectivity index (χ0) is 16.7. The summed E-state index contributed by atoms with van der Waals surface area (Å²) in [6.45, 7) is 0. The van der Waals surface area contributed by atoms with Crippen molar-refractivity contribution in [3.05, 3.63) is 47.5 Å². The van der Waals surface area contributed by atoms with Gasteiger partial charge >= 0.3 is 12.4 Å². The lowest BCUT2D eigenvalue weighted by Crippen LogP contribution is -2.13. The molecule has 0 fully saturated rings. The van der Waals surface area contributed by atoms with Gasteiger partial charge in [-0.1, -0.05) is 18.2 Å². The predicted molar refractivity (Wildman–Crippen MR) is 70.7 cm³/mol. The van der Waals surface area contributed by atoms with Gasteiger partial charge in [-0.2, -0.15) is 26.3 Å². The first-order valence-electron chi connectivity index (χ1n) is 5.94. The highest BCUT2D eigenvalue weighted by Crippen LogP contribution is 2.43. The van der Waals surface area contributed by atoms with E-state index in [9.17, 15) is 26.3 Å². The highest BCUT2D eigenvalue weighted by molar-refractivity contribution is 5.81. The van der Waals surface area contributed by atoms with Crippen LogP contribution in [0.3, 0.4) is 0 Å². The maximum atomic E-state index is 13.2. The van der Waals surface area contributed by atoms with Crippen molar-refractivity contribution in [2.24, 2.45) is 0 Å². The number of benzene rings is 2. The van der Waals surface area contributed by atoms with Crippen LogP contribution in [0.5, 0.6) is 0 Å². The number of hydrogen-bond acceptors (Lipinski definition) is 2. The van der Waals surface area contributed by atoms with Gasteiger partial charge in [0.05, 0.1) is 22.5 Å². The molecule has 0 aliphatic heterocycles. The fourth-order valence-corrected chi connectivity index (χ4v) is 2.04. The Kier molecular flexibility index (Phi) is 3.72. The van der Waals surface area contributed by atoms with E-state index in [1.54, 1.807) is 0 Å². The first-order valence-corrected chi connectivity index (χ1v) is 5.94. The lowest BCUT2D eigenvalue weighted by molar-refractivity contribution is -0.137. The monoisotopic (exact) mass is 320 g/mol. The van der Waals surface area contributed by atoms with Crippen molar-refractivity contribution < 1.29 is 26.3 Å². The maximum Gasteiger partial charge on any atom is 0.419 e. The molecule has 0 saturated heterocycles. The molecule has 0 spiro atoms. The molecule has 2 rings (SSSR count). The minimum Gasteiger partial charge on any atom is -0.397 e. The summed E-state index contributed by atoms with van der Waals surface area (Å²) >= 11 is 0. The van der Waals surface area contributed by atoms with Crippen molar-refractivity contribution in [1.82, 2.24) is 0 Å². The molecule has 118 valence electrons. The molecule has 0 saturated carbocycles. The Morgan fingerprint density at radius 3 is 1.95 bits per heavy atom. The highest BCUT2D eigenvalue weighted by atomic mass is 19.4. The molecule has 0 bridgehead atoms. The molecule has 4 N–H and O–H groups in total. The Bertz CT molecular complexity index is 703. The lowest BCUT2D eigenvalue weighted by atomic mass is 9.95. The van der Waals surface area contributed by atoms with Crippen LogP contribution in [0.15, 0.2) is 36.4 Å². The highest BCUT2D eigenvalue weighted by Gasteiger charge is 2.37. The van der Waals surface area contributed by atoms with Crippen molar-refractivity contribution in [3.8, 4) is 11.1 Å². The number of nitrogen functional groups attached to an aromatic ring is 2. The van der Waals surface area contributed by atoms with E-state index < -0.39 is 34.7 Å². The topological polar surface area (TPSA) is 52.0 Å². The van der Waals surface area contributed by atoms with Crippen LogP contribution in [0.25, 0.3) is 11.1 Å². The SMILES string of the molecule is Nc1ccc(-c2cccc(C(F)(F)F)c2)c(C(F)(F)F)c1N. The van der Waals surface area contributed by atoms with Crippen LogP contribution < -0.4 is 11.5 Å². The molecule has 0 heterocycles. The van der Waals surface area contributed by atoms with Gasteiger partial charge in [0.2, 0.25) is 0 Å². The van der Waals surface area contributed by atoms with Gasteiger partial charge in [0.1, 0.15) is 0 Å². The largest absolute Gasteiger partial charge is 0.419 e. The van der Waals surface area contributed by atoms with Crippen molar-refractivity contribution >= 4 is 11.4 Å². The molecule has 0 aromatic heterocycles. The number of rotatable bonds is 1. The molecule has 22 heavy (non-hydrogen) atoms. The van der Waals surface area contributed by atoms with Crippen LogP contribution in [0.1, 0.15) is 11.1 Å². The van der Waals surface area contributed by atoms with Crippen molar-refractivity contribution in [2.45, 2.75) is 12.4 Å². The number of halogens is 6. The number of nitrogens with two attached hydrogens (primary N) is 2. The molecule has 0 atom stereocenters. The summed E-state index contributed by atoms with van der Waals surface area (Å²) < 4.78 is 77.5. The van der Waals surface area contributed by atoms with Gasteiger partial charge < -0.3 is 11.5 Å². The van der Waals surface area contributed by atoms with Crippen LogP contribution >= 0.6 is 0 Å². The molecule has 0 radical (unpaired) electrons. The average molecular weight is 320 g/mol. The van der Waals surface area contributed by atoms with Crippen LogP contribution in [0, 0.1) is 0 Å². The third-order valence-corrected chi connectivity index (χ3v) is 3.06. The van der Waals surface area contributed by atoms with Gasteiger partial charge in [-0.25, -0.2) is 0 Å². The summed E-state index contributed by atoms with van der Waals surface area (Å²) in [6, 6.07) is 5.72. The summed E-state index contributed by atoms with van der Waals surface area (Å²) in [5.74, 6) is 0. The zero-order valence-corrected chi connectivity index (χ0v) is 10.9. The van der Waals surface area contributed by atoms with Gasteiger partial charge in [-0.15, -0.1) is 0 Å². The van der Waals surface area contributed by atoms with E-state index in [1.807, 2.05) is 0 Å². The number of alkyl halides is 6. The Labute approximate surface area is 121 Å². The summed E-state index contributed by atoms with van der Waals surface area (Å²) in [5.41, 5.74) is 6.74. The first-order chi connectivity index (χ1) is 10.0. The Morgan fingerprint density at radius 1 is 0.773 bits per heavy atom. The van der Waals surface area contributed by atoms with Gasteiger partial charge in [0.25, 0.3) is 0 Å². The quantitative estimate of drug-likeness (QED) is 0.598. The molecule has 8 heteroatoms. The van der Waals surface area contributed by atoms with Gasteiger partial charge in [-0.05, 0) is 29.3 Å². The molecule has 2 aromatic rings. The van der Waals surface area contributed by atoms with E-state index in [2.05, 4.69) is 0 Å². The molecule has 0 aliphatic rings. The summed E-state index contributed by atoms with van der Waals surface area (Å²) in [6.07, 6.45) is -9.50. The van der Waals surface area contributed by atoms with Crippen LogP contribution in [-0.2, 0) is 12.4 Å². The standard InChI is InChI=1S/C14H10F6N2/c15-13(16,17)8-3-1-2-7(6-8)9-4-5-10(21)12(22)11(9)14(18,19)20/h1-6H,21-22H2.